The van der Waals surface area contributed by atoms with Gasteiger partial charge in [-0.15, -0.1) is 0 Å². The van der Waals surface area contributed by atoms with E-state index in [0.29, 0.717) is 0 Å². The highest BCUT2D eigenvalue weighted by Crippen LogP contribution is 2.49. The van der Waals surface area contributed by atoms with Crippen molar-refractivity contribution in [1.82, 2.24) is 9.97 Å². The van der Waals surface area contributed by atoms with Crippen molar-refractivity contribution in [2.45, 2.75) is 173 Å². The Kier molecular flexibility index (Phi) is 16.1. The minimum absolute atomic E-state index is 0.0288. The van der Waals surface area contributed by atoms with Crippen LogP contribution in [0.25, 0.3) is 22.5 Å². The lowest BCUT2D eigenvalue weighted by atomic mass is 9.96. The molecule has 3 unspecified atom stereocenters. The number of benzene rings is 2. The Balaban J connectivity index is 1.05. The van der Waals surface area contributed by atoms with Crippen molar-refractivity contribution in [3.8, 4) is 28.3 Å². The summed E-state index contributed by atoms with van der Waals surface area (Å²) in [4.78, 5) is 8.81. The fourth-order valence-electron chi connectivity index (χ4n) is 7.67. The van der Waals surface area contributed by atoms with Gasteiger partial charge in [-0.1, -0.05) is 167 Å². The normalized spacial score (nSPS) is 17.5. The zero-order valence-corrected chi connectivity index (χ0v) is 33.2. The van der Waals surface area contributed by atoms with Gasteiger partial charge in [0.2, 0.25) is 0 Å². The molecule has 2 heterocycles. The van der Waals surface area contributed by atoms with Gasteiger partial charge in [-0.05, 0) is 53.5 Å². The predicted octanol–water partition coefficient (Wildman–Crippen LogP) is 13.9. The number of fused-ring (bicyclic) bond motifs is 1. The summed E-state index contributed by atoms with van der Waals surface area (Å²) < 4.78 is 52.9. The van der Waals surface area contributed by atoms with E-state index < -0.39 is 23.0 Å². The van der Waals surface area contributed by atoms with Gasteiger partial charge in [-0.2, -0.15) is 8.78 Å². The first kappa shape index (κ1) is 40.5. The second-order valence-electron chi connectivity index (χ2n) is 16.0. The molecule has 0 amide bonds. The van der Waals surface area contributed by atoms with Crippen LogP contribution in [-0.4, -0.2) is 25.2 Å². The minimum Gasteiger partial charge on any atom is -0.487 e. The number of hydrogen-bond donors (Lipinski definition) is 0. The van der Waals surface area contributed by atoms with Gasteiger partial charge in [-0.25, -0.2) is 14.4 Å². The SMILES string of the molecule is CCCCCC(C)CCCCCCC(C)[Si]C1Oc2ccc(-c3ncc(-c4ccc(CCCCCCCCCC5CC5)cc4)cn3)c(F)c2C1(F)F. The van der Waals surface area contributed by atoms with E-state index in [1.165, 1.54) is 127 Å². The first-order valence-corrected chi connectivity index (χ1v) is 22.0. The van der Waals surface area contributed by atoms with E-state index in [2.05, 4.69) is 48.1 Å². The van der Waals surface area contributed by atoms with E-state index in [-0.39, 0.29) is 32.2 Å². The van der Waals surface area contributed by atoms with Crippen LogP contribution in [0.2, 0.25) is 5.54 Å². The number of hydrogen-bond acceptors (Lipinski definition) is 3. The van der Waals surface area contributed by atoms with Crippen LogP contribution in [0.15, 0.2) is 48.8 Å². The molecular weight excluding hydrogens is 670 g/mol. The molecule has 2 radical (unpaired) electrons. The molecule has 3 atom stereocenters. The summed E-state index contributed by atoms with van der Waals surface area (Å²) in [5, 5.41) is 0. The van der Waals surface area contributed by atoms with Crippen molar-refractivity contribution in [1.29, 1.82) is 0 Å². The van der Waals surface area contributed by atoms with Crippen molar-refractivity contribution >= 4 is 9.52 Å². The van der Waals surface area contributed by atoms with Crippen LogP contribution in [0.5, 0.6) is 5.75 Å². The largest absolute Gasteiger partial charge is 0.487 e. The fourth-order valence-corrected chi connectivity index (χ4v) is 9.11. The van der Waals surface area contributed by atoms with Gasteiger partial charge >= 0.3 is 5.92 Å². The van der Waals surface area contributed by atoms with Gasteiger partial charge in [0.25, 0.3) is 0 Å². The van der Waals surface area contributed by atoms with Crippen molar-refractivity contribution in [2.24, 2.45) is 11.8 Å². The van der Waals surface area contributed by atoms with E-state index in [0.717, 1.165) is 48.6 Å². The third kappa shape index (κ3) is 12.2. The zero-order chi connectivity index (χ0) is 36.8. The summed E-state index contributed by atoms with van der Waals surface area (Å²) in [5.41, 5.74) is 1.15. The number of ether oxygens (including phenoxy) is 1. The molecule has 2 aliphatic rings. The molecule has 0 bridgehead atoms. The molecule has 1 aliphatic carbocycles. The summed E-state index contributed by atoms with van der Waals surface area (Å²) >= 11 is 0. The first-order chi connectivity index (χ1) is 25.3. The number of nitrogens with zero attached hydrogens (tertiary/aromatic N) is 2. The molecule has 1 aromatic heterocycles. The molecule has 7 heteroatoms. The van der Waals surface area contributed by atoms with Crippen LogP contribution >= 0.6 is 0 Å². The lowest BCUT2D eigenvalue weighted by molar-refractivity contribution is -0.0451. The maximum absolute atomic E-state index is 15.8. The number of aromatic nitrogens is 2. The average molecular weight is 733 g/mol. The number of aryl methyl sites for hydroxylation is 1. The van der Waals surface area contributed by atoms with E-state index in [1.54, 1.807) is 12.4 Å². The average Bonchev–Trinajstić information content (AvgIpc) is 3.93. The standard InChI is InChI=1S/C45H63F3N2OSi/c1-4-5-13-18-33(2)19-14-11-12-15-20-34(3)52-44-45(47,48)41-40(51-44)30-29-39(42(41)46)43-49-31-38(32-50-43)37-27-25-36(26-28-37)22-17-10-8-6-7-9-16-21-35-23-24-35/h25-35,44H,4-24H2,1-3H3. The third-order valence-corrected chi connectivity index (χ3v) is 12.9. The van der Waals surface area contributed by atoms with E-state index in [9.17, 15) is 0 Å². The van der Waals surface area contributed by atoms with E-state index >= 15 is 13.2 Å². The summed E-state index contributed by atoms with van der Waals surface area (Å²) in [5.74, 6) is -2.53. The Morgan fingerprint density at radius 1 is 0.750 bits per heavy atom. The monoisotopic (exact) mass is 732 g/mol. The Morgan fingerprint density at radius 3 is 2.04 bits per heavy atom. The number of unbranched alkanes of at least 4 members (excludes halogenated alkanes) is 11. The quantitative estimate of drug-likeness (QED) is 0.0643. The smallest absolute Gasteiger partial charge is 0.311 e. The van der Waals surface area contributed by atoms with Crippen LogP contribution in [0, 0.1) is 17.7 Å². The fraction of sp³-hybridized carbons (Fsp3) is 0.644. The molecule has 1 saturated carbocycles. The molecule has 0 saturated heterocycles. The van der Waals surface area contributed by atoms with Gasteiger partial charge in [0.1, 0.15) is 32.4 Å². The molecule has 0 N–H and O–H groups in total. The van der Waals surface area contributed by atoms with Crippen molar-refractivity contribution in [3.63, 3.8) is 0 Å². The van der Waals surface area contributed by atoms with Gasteiger partial charge < -0.3 is 4.74 Å². The maximum Gasteiger partial charge on any atom is 0.311 e. The second-order valence-corrected chi connectivity index (χ2v) is 17.9. The molecule has 0 spiro atoms. The highest BCUT2D eigenvalue weighted by Gasteiger charge is 2.53. The van der Waals surface area contributed by atoms with Gasteiger partial charge in [0.15, 0.2) is 5.82 Å². The van der Waals surface area contributed by atoms with Crippen LogP contribution in [0.3, 0.4) is 0 Å². The zero-order valence-electron chi connectivity index (χ0n) is 32.2. The molecule has 1 aliphatic heterocycles. The van der Waals surface area contributed by atoms with Crippen molar-refractivity contribution in [2.75, 3.05) is 0 Å². The number of halogens is 3. The number of alkyl halides is 2. The maximum atomic E-state index is 15.8. The Hall–Kier alpha value is -2.67. The van der Waals surface area contributed by atoms with Gasteiger partial charge in [0, 0.05) is 18.0 Å². The summed E-state index contributed by atoms with van der Waals surface area (Å²) in [7, 11) is -0.115. The topological polar surface area (TPSA) is 35.0 Å². The molecule has 52 heavy (non-hydrogen) atoms. The summed E-state index contributed by atoms with van der Waals surface area (Å²) in [6.45, 7) is 6.61. The van der Waals surface area contributed by atoms with Crippen molar-refractivity contribution in [3.05, 3.63) is 65.7 Å². The molecule has 2 aromatic carbocycles. The lowest BCUT2D eigenvalue weighted by Gasteiger charge is -2.21. The third-order valence-electron chi connectivity index (χ3n) is 11.3. The van der Waals surface area contributed by atoms with Gasteiger partial charge in [0.05, 0.1) is 5.56 Å². The van der Waals surface area contributed by atoms with Crippen LogP contribution in [0.1, 0.15) is 160 Å². The molecule has 5 rings (SSSR count). The minimum atomic E-state index is -3.41. The molecule has 3 nitrogen and oxygen atoms in total. The van der Waals surface area contributed by atoms with Crippen LogP contribution in [-0.2, 0) is 12.3 Å². The van der Waals surface area contributed by atoms with E-state index in [4.69, 9.17) is 4.74 Å². The van der Waals surface area contributed by atoms with Gasteiger partial charge in [-0.3, -0.25) is 0 Å². The van der Waals surface area contributed by atoms with Crippen LogP contribution in [0.4, 0.5) is 13.2 Å². The summed E-state index contributed by atoms with van der Waals surface area (Å²) in [6.07, 6.45) is 30.1. The van der Waals surface area contributed by atoms with Crippen LogP contribution < -0.4 is 4.74 Å². The number of rotatable bonds is 25. The highest BCUT2D eigenvalue weighted by atomic mass is 28.2. The molecule has 3 aromatic rings. The lowest BCUT2D eigenvalue weighted by Crippen LogP contribution is -2.37. The molecule has 284 valence electrons. The van der Waals surface area contributed by atoms with E-state index in [1.807, 2.05) is 6.92 Å². The Morgan fingerprint density at radius 2 is 1.37 bits per heavy atom. The second kappa shape index (κ2) is 20.7. The Labute approximate surface area is 315 Å². The summed E-state index contributed by atoms with van der Waals surface area (Å²) in [6, 6.07) is 11.4. The highest BCUT2D eigenvalue weighted by molar-refractivity contribution is 6.39. The molecule has 1 fully saturated rings. The first-order valence-electron chi connectivity index (χ1n) is 20.8. The predicted molar refractivity (Wildman–Crippen MR) is 211 cm³/mol. The molecular formula is C45H63F3N2OSi. The van der Waals surface area contributed by atoms with Crippen molar-refractivity contribution < 1.29 is 17.9 Å². The Bertz CT molecular complexity index is 1480.